The van der Waals surface area contributed by atoms with Crippen LogP contribution in [0, 0.1) is 0 Å². The number of rotatable bonds is 3. The van der Waals surface area contributed by atoms with Crippen molar-refractivity contribution in [1.82, 2.24) is 4.90 Å². The highest BCUT2D eigenvalue weighted by Gasteiger charge is 2.36. The minimum atomic E-state index is -3.40. The molecular formula is C15H14ClNO3S2. The smallest absolute Gasteiger partial charge is 0.264 e. The lowest BCUT2D eigenvalue weighted by Crippen LogP contribution is -2.31. The average Bonchev–Trinajstić information content (AvgIpc) is 3.17. The van der Waals surface area contributed by atoms with Gasteiger partial charge < -0.3 is 4.90 Å². The summed E-state index contributed by atoms with van der Waals surface area (Å²) in [6.45, 7) is 0.677. The molecule has 1 unspecified atom stereocenters. The number of halogens is 1. The van der Waals surface area contributed by atoms with Crippen molar-refractivity contribution < 1.29 is 13.2 Å². The average molecular weight is 356 g/mol. The molecule has 1 atom stereocenters. The fourth-order valence-corrected chi connectivity index (χ4v) is 5.28. The lowest BCUT2D eigenvalue weighted by Gasteiger charge is -2.16. The lowest BCUT2D eigenvalue weighted by atomic mass is 10.4. The third kappa shape index (κ3) is 2.91. The van der Waals surface area contributed by atoms with Crippen LogP contribution in [0.1, 0.15) is 16.1 Å². The summed E-state index contributed by atoms with van der Waals surface area (Å²) in [7, 11) is -3.40. The Bertz CT molecular complexity index is 786. The number of thiophene rings is 1. The van der Waals surface area contributed by atoms with Gasteiger partial charge >= 0.3 is 0 Å². The second-order valence-corrected chi connectivity index (χ2v) is 9.07. The van der Waals surface area contributed by atoms with Crippen molar-refractivity contribution in [2.75, 3.05) is 13.1 Å². The molecule has 0 bridgehead atoms. The van der Waals surface area contributed by atoms with E-state index in [1.165, 1.54) is 11.3 Å². The predicted octanol–water partition coefficient (Wildman–Crippen LogP) is 3.09. The second-order valence-electron chi connectivity index (χ2n) is 5.12. The highest BCUT2D eigenvalue weighted by molar-refractivity contribution is 7.92. The fraction of sp³-hybridized carbons (Fsp3) is 0.267. The number of benzene rings is 1. The summed E-state index contributed by atoms with van der Waals surface area (Å²) in [6, 6.07) is 11.7. The van der Waals surface area contributed by atoms with Crippen molar-refractivity contribution in [2.45, 2.75) is 16.6 Å². The number of carbonyl (C=O) groups is 1. The molecule has 1 aliphatic rings. The van der Waals surface area contributed by atoms with Gasteiger partial charge in [0.05, 0.1) is 19.4 Å². The van der Waals surface area contributed by atoms with E-state index < -0.39 is 15.1 Å². The first-order valence-corrected chi connectivity index (χ1v) is 9.56. The van der Waals surface area contributed by atoms with E-state index in [-0.39, 0.29) is 12.5 Å². The minimum absolute atomic E-state index is 0.150. The first kappa shape index (κ1) is 15.5. The van der Waals surface area contributed by atoms with E-state index in [1.54, 1.807) is 47.4 Å². The summed E-state index contributed by atoms with van der Waals surface area (Å²) in [5, 5.41) is -0.547. The third-order valence-corrected chi connectivity index (χ3v) is 7.14. The largest absolute Gasteiger partial charge is 0.337 e. The normalized spacial score (nSPS) is 18.6. The Balaban J connectivity index is 1.76. The van der Waals surface area contributed by atoms with E-state index in [2.05, 4.69) is 0 Å². The monoisotopic (exact) mass is 355 g/mol. The van der Waals surface area contributed by atoms with Crippen LogP contribution >= 0.6 is 22.9 Å². The molecule has 0 saturated carbocycles. The molecule has 7 heteroatoms. The molecule has 1 aromatic heterocycles. The number of hydrogen-bond donors (Lipinski definition) is 0. The van der Waals surface area contributed by atoms with Gasteiger partial charge in [0.25, 0.3) is 5.91 Å². The van der Waals surface area contributed by atoms with Crippen LogP contribution in [0.2, 0.25) is 4.34 Å². The number of nitrogens with zero attached hydrogens (tertiary/aromatic N) is 1. The van der Waals surface area contributed by atoms with Gasteiger partial charge in [-0.15, -0.1) is 11.3 Å². The zero-order valence-corrected chi connectivity index (χ0v) is 14.0. The molecule has 116 valence electrons. The van der Waals surface area contributed by atoms with Gasteiger partial charge in [-0.25, -0.2) is 8.42 Å². The van der Waals surface area contributed by atoms with E-state index in [1.807, 2.05) is 0 Å². The molecule has 0 radical (unpaired) electrons. The van der Waals surface area contributed by atoms with Crippen LogP contribution in [0.25, 0.3) is 0 Å². The van der Waals surface area contributed by atoms with Gasteiger partial charge in [0.2, 0.25) is 0 Å². The van der Waals surface area contributed by atoms with Gasteiger partial charge in [-0.05, 0) is 30.7 Å². The SMILES string of the molecule is O=C(c1ccc(Cl)s1)N1CCC(S(=O)(=O)c2ccccc2)C1. The molecule has 22 heavy (non-hydrogen) atoms. The van der Waals surface area contributed by atoms with Crippen LogP contribution < -0.4 is 0 Å². The van der Waals surface area contributed by atoms with Crippen molar-refractivity contribution in [3.63, 3.8) is 0 Å². The van der Waals surface area contributed by atoms with Crippen LogP contribution in [0.15, 0.2) is 47.4 Å². The van der Waals surface area contributed by atoms with Crippen molar-refractivity contribution in [2.24, 2.45) is 0 Å². The van der Waals surface area contributed by atoms with E-state index >= 15 is 0 Å². The summed E-state index contributed by atoms with van der Waals surface area (Å²) in [6.07, 6.45) is 0.460. The van der Waals surface area contributed by atoms with Crippen molar-refractivity contribution in [3.8, 4) is 0 Å². The molecule has 1 saturated heterocycles. The number of hydrogen-bond acceptors (Lipinski definition) is 4. The summed E-state index contributed by atoms with van der Waals surface area (Å²) in [5.74, 6) is -0.150. The summed E-state index contributed by atoms with van der Waals surface area (Å²) >= 11 is 7.06. The number of likely N-dealkylation sites (tertiary alicyclic amines) is 1. The third-order valence-electron chi connectivity index (χ3n) is 3.73. The number of sulfone groups is 1. The highest BCUT2D eigenvalue weighted by atomic mass is 35.5. The molecule has 2 heterocycles. The lowest BCUT2D eigenvalue weighted by molar-refractivity contribution is 0.0798. The Morgan fingerprint density at radius 3 is 2.55 bits per heavy atom. The van der Waals surface area contributed by atoms with E-state index in [4.69, 9.17) is 11.6 Å². The Morgan fingerprint density at radius 2 is 1.91 bits per heavy atom. The second kappa shape index (κ2) is 6.02. The number of carbonyl (C=O) groups excluding carboxylic acids is 1. The van der Waals surface area contributed by atoms with Gasteiger partial charge in [-0.1, -0.05) is 29.8 Å². The standard InChI is InChI=1S/C15H14ClNO3S2/c16-14-7-6-13(21-14)15(18)17-9-8-12(10-17)22(19,20)11-4-2-1-3-5-11/h1-7,12H,8-10H2. The number of amides is 1. The molecule has 0 spiro atoms. The van der Waals surface area contributed by atoms with Crippen LogP contribution in [0.4, 0.5) is 0 Å². The Hall–Kier alpha value is -1.37. The van der Waals surface area contributed by atoms with E-state index in [0.29, 0.717) is 27.1 Å². The van der Waals surface area contributed by atoms with Crippen molar-refractivity contribution in [3.05, 3.63) is 51.7 Å². The van der Waals surface area contributed by atoms with Crippen LogP contribution in [0.5, 0.6) is 0 Å². The van der Waals surface area contributed by atoms with Gasteiger partial charge in [-0.3, -0.25) is 4.79 Å². The topological polar surface area (TPSA) is 54.5 Å². The van der Waals surface area contributed by atoms with Crippen LogP contribution in [-0.4, -0.2) is 37.6 Å². The first-order chi connectivity index (χ1) is 10.5. The molecule has 0 N–H and O–H groups in total. The van der Waals surface area contributed by atoms with Crippen molar-refractivity contribution >= 4 is 38.7 Å². The molecule has 1 fully saturated rings. The van der Waals surface area contributed by atoms with Crippen LogP contribution in [0.3, 0.4) is 0 Å². The summed E-state index contributed by atoms with van der Waals surface area (Å²) < 4.78 is 25.7. The summed E-state index contributed by atoms with van der Waals surface area (Å²) in [4.78, 5) is 14.8. The molecule has 2 aromatic rings. The fourth-order valence-electron chi connectivity index (χ4n) is 2.55. The maximum atomic E-state index is 12.6. The van der Waals surface area contributed by atoms with Crippen molar-refractivity contribution in [1.29, 1.82) is 0 Å². The minimum Gasteiger partial charge on any atom is -0.337 e. The molecular weight excluding hydrogens is 342 g/mol. The molecule has 1 amide bonds. The van der Waals surface area contributed by atoms with Gasteiger partial charge in [0.1, 0.15) is 0 Å². The molecule has 4 nitrogen and oxygen atoms in total. The maximum absolute atomic E-state index is 12.6. The molecule has 0 aliphatic carbocycles. The quantitative estimate of drug-likeness (QED) is 0.850. The Kier molecular flexibility index (Phi) is 4.25. The highest BCUT2D eigenvalue weighted by Crippen LogP contribution is 2.27. The predicted molar refractivity (Wildman–Crippen MR) is 87.3 cm³/mol. The molecule has 1 aliphatic heterocycles. The van der Waals surface area contributed by atoms with Crippen LogP contribution in [-0.2, 0) is 9.84 Å². The van der Waals surface area contributed by atoms with Gasteiger partial charge in [0.15, 0.2) is 9.84 Å². The van der Waals surface area contributed by atoms with Gasteiger partial charge in [-0.2, -0.15) is 0 Å². The zero-order chi connectivity index (χ0) is 15.7. The van der Waals surface area contributed by atoms with E-state index in [0.717, 1.165) is 0 Å². The Labute approximate surface area is 138 Å². The van der Waals surface area contributed by atoms with E-state index in [9.17, 15) is 13.2 Å². The maximum Gasteiger partial charge on any atom is 0.264 e. The zero-order valence-electron chi connectivity index (χ0n) is 11.6. The summed E-state index contributed by atoms with van der Waals surface area (Å²) in [5.41, 5.74) is 0. The van der Waals surface area contributed by atoms with Gasteiger partial charge in [0, 0.05) is 13.1 Å². The molecule has 1 aromatic carbocycles. The Morgan fingerprint density at radius 1 is 1.18 bits per heavy atom. The molecule has 3 rings (SSSR count). The first-order valence-electron chi connectivity index (χ1n) is 6.82.